The van der Waals surface area contributed by atoms with Crippen LogP contribution >= 0.6 is 23.2 Å². The average Bonchev–Trinajstić information content (AvgIpc) is 3.61. The van der Waals surface area contributed by atoms with Gasteiger partial charge in [-0.05, 0) is 24.1 Å². The quantitative estimate of drug-likeness (QED) is 0.610. The number of rotatable bonds is 4. The van der Waals surface area contributed by atoms with Crippen LogP contribution in [0.2, 0.25) is 10.0 Å². The predicted octanol–water partition coefficient (Wildman–Crippen LogP) is 3.73. The number of piperazine rings is 1. The van der Waals surface area contributed by atoms with Crippen LogP contribution in [0.3, 0.4) is 0 Å². The summed E-state index contributed by atoms with van der Waals surface area (Å²) in [6.07, 6.45) is 0.746. The minimum absolute atomic E-state index is 0.0715. The smallest absolute Gasteiger partial charge is 0.327 e. The van der Waals surface area contributed by atoms with Crippen molar-refractivity contribution in [2.75, 3.05) is 39.0 Å². The van der Waals surface area contributed by atoms with Crippen LogP contribution in [0.1, 0.15) is 28.3 Å². The molecule has 3 atom stereocenters. The molecule has 6 amide bonds. The molecule has 1 aliphatic carbocycles. The predicted molar refractivity (Wildman–Crippen MR) is 135 cm³/mol. The standard InChI is InChI=1S/C25H25Cl2N5O4/c1-29(2)22(33)15-10-17(26)21(18(27)11-15)28-24(35)30-8-9-31-20(13-30)23(34)32(25(31)36)19-12-16(19)14-6-4-3-5-7-14/h3-7,10-11,16,19-20H,8-9,12-13H2,1-2H3,(H,28,35)/t16-,19+,20+/m1/s1. The normalized spacial score (nSPS) is 23.0. The highest BCUT2D eigenvalue weighted by atomic mass is 35.5. The van der Waals surface area contributed by atoms with E-state index >= 15 is 0 Å². The van der Waals surface area contributed by atoms with E-state index in [-0.39, 0.29) is 65.2 Å². The Balaban J connectivity index is 1.26. The summed E-state index contributed by atoms with van der Waals surface area (Å²) in [5, 5.41) is 2.94. The van der Waals surface area contributed by atoms with Crippen molar-refractivity contribution in [3.05, 3.63) is 63.6 Å². The molecule has 1 N–H and O–H groups in total. The average molecular weight is 530 g/mol. The summed E-state index contributed by atoms with van der Waals surface area (Å²) < 4.78 is 0. The van der Waals surface area contributed by atoms with Gasteiger partial charge in [0.25, 0.3) is 11.8 Å². The van der Waals surface area contributed by atoms with Gasteiger partial charge in [-0.15, -0.1) is 0 Å². The van der Waals surface area contributed by atoms with Crippen LogP contribution in [0, 0.1) is 0 Å². The highest BCUT2D eigenvalue weighted by Gasteiger charge is 2.56. The summed E-state index contributed by atoms with van der Waals surface area (Å²) in [5.74, 6) is -0.401. The van der Waals surface area contributed by atoms with E-state index in [1.807, 2.05) is 30.3 Å². The minimum atomic E-state index is -0.722. The monoisotopic (exact) mass is 529 g/mol. The molecule has 188 valence electrons. The maximum Gasteiger partial charge on any atom is 0.327 e. The Hall–Kier alpha value is -3.30. The number of imide groups is 1. The Morgan fingerprint density at radius 2 is 1.69 bits per heavy atom. The summed E-state index contributed by atoms with van der Waals surface area (Å²) in [7, 11) is 3.22. The first kappa shape index (κ1) is 24.4. The van der Waals surface area contributed by atoms with Crippen molar-refractivity contribution in [1.82, 2.24) is 19.6 Å². The summed E-state index contributed by atoms with van der Waals surface area (Å²) in [4.78, 5) is 57.3. The summed E-state index contributed by atoms with van der Waals surface area (Å²) in [5.41, 5.74) is 1.59. The molecule has 0 spiro atoms. The molecule has 3 fully saturated rings. The molecule has 11 heteroatoms. The Bertz CT molecular complexity index is 1230. The second-order valence-corrected chi connectivity index (χ2v) is 10.2. The number of nitrogens with zero attached hydrogens (tertiary/aromatic N) is 4. The number of anilines is 1. The zero-order valence-corrected chi connectivity index (χ0v) is 21.3. The van der Waals surface area contributed by atoms with Crippen molar-refractivity contribution in [3.63, 3.8) is 0 Å². The largest absolute Gasteiger partial charge is 0.345 e. The molecule has 5 rings (SSSR count). The fraction of sp³-hybridized carbons (Fsp3) is 0.360. The van der Waals surface area contributed by atoms with Crippen LogP contribution in [0.15, 0.2) is 42.5 Å². The van der Waals surface area contributed by atoms with Crippen molar-refractivity contribution >= 4 is 52.8 Å². The molecule has 0 radical (unpaired) electrons. The molecule has 1 saturated carbocycles. The van der Waals surface area contributed by atoms with E-state index in [9.17, 15) is 19.2 Å². The zero-order chi connectivity index (χ0) is 25.7. The van der Waals surface area contributed by atoms with E-state index < -0.39 is 12.1 Å². The van der Waals surface area contributed by atoms with Gasteiger partial charge in [-0.25, -0.2) is 9.59 Å². The van der Waals surface area contributed by atoms with Crippen molar-refractivity contribution in [2.45, 2.75) is 24.4 Å². The van der Waals surface area contributed by atoms with Gasteiger partial charge in [0.05, 0.1) is 22.3 Å². The molecule has 2 aliphatic heterocycles. The van der Waals surface area contributed by atoms with Gasteiger partial charge in [0.1, 0.15) is 6.04 Å². The minimum Gasteiger partial charge on any atom is -0.345 e. The summed E-state index contributed by atoms with van der Waals surface area (Å²) >= 11 is 12.6. The lowest BCUT2D eigenvalue weighted by Gasteiger charge is -2.35. The second-order valence-electron chi connectivity index (χ2n) is 9.41. The molecular formula is C25H25Cl2N5O4. The molecule has 0 unspecified atom stereocenters. The number of fused-ring (bicyclic) bond motifs is 1. The van der Waals surface area contributed by atoms with Gasteiger partial charge in [0.15, 0.2) is 0 Å². The van der Waals surface area contributed by atoms with Gasteiger partial charge >= 0.3 is 12.1 Å². The Kier molecular flexibility index (Phi) is 6.30. The number of urea groups is 2. The van der Waals surface area contributed by atoms with Gasteiger partial charge < -0.3 is 20.0 Å². The highest BCUT2D eigenvalue weighted by Crippen LogP contribution is 2.47. The SMILES string of the molecule is CN(C)C(=O)c1cc(Cl)c(NC(=O)N2CCN3C(=O)N([C@H]4C[C@@H]4c4ccccc4)C(=O)[C@@H]3C2)c(Cl)c1. The van der Waals surface area contributed by atoms with Crippen LogP contribution in [-0.4, -0.2) is 89.3 Å². The molecule has 0 aromatic heterocycles. The molecule has 0 bridgehead atoms. The van der Waals surface area contributed by atoms with Gasteiger partial charge in [-0.3, -0.25) is 14.5 Å². The fourth-order valence-electron chi connectivity index (χ4n) is 4.89. The van der Waals surface area contributed by atoms with E-state index in [0.29, 0.717) is 5.56 Å². The van der Waals surface area contributed by atoms with Crippen LogP contribution in [0.4, 0.5) is 15.3 Å². The van der Waals surface area contributed by atoms with Crippen LogP contribution in [0.5, 0.6) is 0 Å². The van der Waals surface area contributed by atoms with Crippen molar-refractivity contribution < 1.29 is 19.2 Å². The topological polar surface area (TPSA) is 93.3 Å². The number of amides is 6. The first-order valence-electron chi connectivity index (χ1n) is 11.6. The van der Waals surface area contributed by atoms with Gasteiger partial charge in [0, 0.05) is 44.7 Å². The molecule has 9 nitrogen and oxygen atoms in total. The van der Waals surface area contributed by atoms with Crippen molar-refractivity contribution in [3.8, 4) is 0 Å². The fourth-order valence-corrected chi connectivity index (χ4v) is 5.47. The molecule has 2 heterocycles. The lowest BCUT2D eigenvalue weighted by molar-refractivity contribution is -0.129. The van der Waals surface area contributed by atoms with Crippen LogP contribution in [-0.2, 0) is 4.79 Å². The van der Waals surface area contributed by atoms with E-state index in [1.165, 1.54) is 26.8 Å². The zero-order valence-electron chi connectivity index (χ0n) is 19.8. The third-order valence-corrected chi connectivity index (χ3v) is 7.48. The summed E-state index contributed by atoms with van der Waals surface area (Å²) in [6.45, 7) is 0.579. The number of carbonyl (C=O) groups excluding carboxylic acids is 4. The molecule has 2 aromatic rings. The maximum atomic E-state index is 13.2. The van der Waals surface area contributed by atoms with Crippen molar-refractivity contribution in [1.29, 1.82) is 0 Å². The second kappa shape index (κ2) is 9.29. The van der Waals surface area contributed by atoms with Gasteiger partial charge in [-0.1, -0.05) is 53.5 Å². The Labute approximate surface area is 218 Å². The molecule has 2 saturated heterocycles. The third kappa shape index (κ3) is 4.26. The molecule has 3 aliphatic rings. The third-order valence-electron chi connectivity index (χ3n) is 6.89. The van der Waals surface area contributed by atoms with E-state index in [1.54, 1.807) is 19.0 Å². The van der Waals surface area contributed by atoms with Gasteiger partial charge in [0.2, 0.25) is 0 Å². The first-order chi connectivity index (χ1) is 17.2. The molecule has 36 heavy (non-hydrogen) atoms. The Morgan fingerprint density at radius 1 is 1.03 bits per heavy atom. The number of benzene rings is 2. The van der Waals surface area contributed by atoms with Crippen molar-refractivity contribution in [2.24, 2.45) is 0 Å². The number of hydrogen-bond acceptors (Lipinski definition) is 4. The highest BCUT2D eigenvalue weighted by molar-refractivity contribution is 6.40. The number of hydrogen-bond donors (Lipinski definition) is 1. The first-order valence-corrected chi connectivity index (χ1v) is 12.4. The number of carbonyl (C=O) groups is 4. The summed E-state index contributed by atoms with van der Waals surface area (Å²) in [6, 6.07) is 11.1. The number of halogens is 2. The van der Waals surface area contributed by atoms with Crippen LogP contribution in [0.25, 0.3) is 0 Å². The lowest BCUT2D eigenvalue weighted by Crippen LogP contribution is -2.55. The van der Waals surface area contributed by atoms with E-state index in [4.69, 9.17) is 23.2 Å². The Morgan fingerprint density at radius 3 is 2.33 bits per heavy atom. The number of nitrogens with one attached hydrogen (secondary N) is 1. The van der Waals surface area contributed by atoms with Crippen LogP contribution < -0.4 is 5.32 Å². The van der Waals surface area contributed by atoms with E-state index in [0.717, 1.165) is 12.0 Å². The molecule has 2 aromatic carbocycles. The molecular weight excluding hydrogens is 505 g/mol. The van der Waals surface area contributed by atoms with E-state index in [2.05, 4.69) is 5.32 Å². The van der Waals surface area contributed by atoms with Gasteiger partial charge in [-0.2, -0.15) is 0 Å². The lowest BCUT2D eigenvalue weighted by atomic mass is 10.1. The maximum absolute atomic E-state index is 13.2.